The summed E-state index contributed by atoms with van der Waals surface area (Å²) in [6.45, 7) is 2.23. The van der Waals surface area contributed by atoms with E-state index in [4.69, 9.17) is 5.73 Å². The lowest BCUT2D eigenvalue weighted by Gasteiger charge is -2.20. The number of thiophene rings is 1. The summed E-state index contributed by atoms with van der Waals surface area (Å²) in [6.07, 6.45) is 5.74. The molecule has 6 nitrogen and oxygen atoms in total. The zero-order valence-electron chi connectivity index (χ0n) is 12.8. The highest BCUT2D eigenvalue weighted by Crippen LogP contribution is 2.37. The van der Waals surface area contributed by atoms with Crippen LogP contribution in [0.5, 0.6) is 0 Å². The van der Waals surface area contributed by atoms with E-state index in [0.29, 0.717) is 17.3 Å². The molecule has 0 fully saturated rings. The van der Waals surface area contributed by atoms with E-state index in [1.54, 1.807) is 17.4 Å². The summed E-state index contributed by atoms with van der Waals surface area (Å²) >= 11 is 1.64. The quantitative estimate of drug-likeness (QED) is 0.754. The van der Waals surface area contributed by atoms with Crippen LogP contribution in [-0.4, -0.2) is 19.9 Å². The minimum Gasteiger partial charge on any atom is -0.384 e. The number of nitrogen functional groups attached to an aromatic ring is 1. The van der Waals surface area contributed by atoms with Gasteiger partial charge in [0.05, 0.1) is 5.39 Å². The number of aryl methyl sites for hydroxylation is 1. The molecule has 0 amide bonds. The van der Waals surface area contributed by atoms with E-state index in [1.807, 2.05) is 0 Å². The number of hydrogen-bond donors (Lipinski definition) is 2. The number of nitrogens with two attached hydrogens (primary N) is 1. The van der Waals surface area contributed by atoms with Crippen molar-refractivity contribution in [1.29, 1.82) is 0 Å². The number of aromatic amines is 1. The zero-order valence-corrected chi connectivity index (χ0v) is 13.6. The van der Waals surface area contributed by atoms with Crippen LogP contribution in [0.1, 0.15) is 30.2 Å². The third kappa shape index (κ3) is 2.41. The monoisotopic (exact) mass is 327 g/mol. The van der Waals surface area contributed by atoms with Gasteiger partial charge in [-0.3, -0.25) is 4.79 Å². The number of anilines is 1. The Hall–Kier alpha value is -2.28. The summed E-state index contributed by atoms with van der Waals surface area (Å²) < 4.78 is 0. The Labute approximate surface area is 136 Å². The van der Waals surface area contributed by atoms with Gasteiger partial charge in [-0.05, 0) is 30.7 Å². The molecule has 0 aromatic carbocycles. The van der Waals surface area contributed by atoms with Crippen LogP contribution in [0, 0.1) is 5.92 Å². The highest BCUT2D eigenvalue weighted by atomic mass is 32.1. The smallest absolute Gasteiger partial charge is 0.260 e. The second-order valence-electron chi connectivity index (χ2n) is 5.94. The standard InChI is InChI=1S/C16H17N5OS/c1-2-8-3-4-9-11(5-8)23-16-13(9)15(22)20-14(21-16)10-6-12(17)19-7-18-10/h6-8H,2-5H2,1H3,(H2,17,18,19)(H,20,21,22)/t8-/m1/s1. The molecule has 0 radical (unpaired) electrons. The van der Waals surface area contributed by atoms with Gasteiger partial charge in [-0.2, -0.15) is 0 Å². The van der Waals surface area contributed by atoms with Crippen LogP contribution in [0.4, 0.5) is 5.82 Å². The third-order valence-corrected chi connectivity index (χ3v) is 5.68. The molecule has 7 heteroatoms. The van der Waals surface area contributed by atoms with Crippen LogP contribution in [0.3, 0.4) is 0 Å². The zero-order chi connectivity index (χ0) is 16.0. The predicted molar refractivity (Wildman–Crippen MR) is 91.5 cm³/mol. The molecule has 0 spiro atoms. The number of nitrogens with one attached hydrogen (secondary N) is 1. The Morgan fingerprint density at radius 1 is 1.43 bits per heavy atom. The molecule has 0 bridgehead atoms. The van der Waals surface area contributed by atoms with Gasteiger partial charge in [-0.15, -0.1) is 11.3 Å². The lowest BCUT2D eigenvalue weighted by atomic mass is 9.86. The molecule has 0 aliphatic heterocycles. The van der Waals surface area contributed by atoms with Crippen LogP contribution < -0.4 is 11.3 Å². The Balaban J connectivity index is 1.87. The first-order chi connectivity index (χ1) is 11.2. The van der Waals surface area contributed by atoms with E-state index in [-0.39, 0.29) is 5.56 Å². The van der Waals surface area contributed by atoms with E-state index in [0.717, 1.165) is 35.4 Å². The van der Waals surface area contributed by atoms with E-state index in [9.17, 15) is 4.79 Å². The summed E-state index contributed by atoms with van der Waals surface area (Å²) in [5, 5.41) is 0.755. The first-order valence-electron chi connectivity index (χ1n) is 7.78. The first-order valence-corrected chi connectivity index (χ1v) is 8.59. The van der Waals surface area contributed by atoms with Crippen molar-refractivity contribution in [2.75, 3.05) is 5.73 Å². The van der Waals surface area contributed by atoms with Gasteiger partial charge in [0.1, 0.15) is 22.7 Å². The molecule has 1 aliphatic carbocycles. The molecule has 0 unspecified atom stereocenters. The van der Waals surface area contributed by atoms with Crippen molar-refractivity contribution >= 4 is 27.4 Å². The van der Waals surface area contributed by atoms with Gasteiger partial charge in [0.25, 0.3) is 5.56 Å². The van der Waals surface area contributed by atoms with Gasteiger partial charge >= 0.3 is 0 Å². The van der Waals surface area contributed by atoms with E-state index in [2.05, 4.69) is 26.9 Å². The second kappa shape index (κ2) is 5.42. The molecule has 3 N–H and O–H groups in total. The SMILES string of the molecule is CC[C@@H]1CCc2c(sc3nc(-c4cc(N)ncn4)[nH]c(=O)c23)C1. The minimum absolute atomic E-state index is 0.0883. The van der Waals surface area contributed by atoms with E-state index >= 15 is 0 Å². The molecule has 3 heterocycles. The van der Waals surface area contributed by atoms with Crippen LogP contribution in [0.2, 0.25) is 0 Å². The number of hydrogen-bond acceptors (Lipinski definition) is 6. The summed E-state index contributed by atoms with van der Waals surface area (Å²) in [6, 6.07) is 1.62. The van der Waals surface area contributed by atoms with Gasteiger partial charge in [0, 0.05) is 10.9 Å². The fourth-order valence-corrected chi connectivity index (χ4v) is 4.56. The number of aromatic nitrogens is 4. The molecule has 0 saturated heterocycles. The van der Waals surface area contributed by atoms with Crippen molar-refractivity contribution in [3.63, 3.8) is 0 Å². The van der Waals surface area contributed by atoms with Crippen molar-refractivity contribution in [2.24, 2.45) is 5.92 Å². The molecule has 1 atom stereocenters. The largest absolute Gasteiger partial charge is 0.384 e. The molecular weight excluding hydrogens is 310 g/mol. The van der Waals surface area contributed by atoms with Crippen molar-refractivity contribution in [3.05, 3.63) is 33.2 Å². The van der Waals surface area contributed by atoms with E-state index in [1.165, 1.54) is 23.2 Å². The lowest BCUT2D eigenvalue weighted by Crippen LogP contribution is -2.15. The average molecular weight is 327 g/mol. The fraction of sp³-hybridized carbons (Fsp3) is 0.375. The minimum atomic E-state index is -0.0883. The Morgan fingerprint density at radius 3 is 3.09 bits per heavy atom. The van der Waals surface area contributed by atoms with Crippen molar-refractivity contribution in [2.45, 2.75) is 32.6 Å². The maximum atomic E-state index is 12.6. The maximum absolute atomic E-state index is 12.6. The van der Waals surface area contributed by atoms with Gasteiger partial charge < -0.3 is 10.7 Å². The van der Waals surface area contributed by atoms with Crippen LogP contribution in [0.25, 0.3) is 21.7 Å². The molecule has 3 aromatic rings. The summed E-state index contributed by atoms with van der Waals surface area (Å²) in [7, 11) is 0. The number of fused-ring (bicyclic) bond motifs is 3. The number of H-pyrrole nitrogens is 1. The van der Waals surface area contributed by atoms with Gasteiger partial charge in [-0.1, -0.05) is 13.3 Å². The molecule has 4 rings (SSSR count). The van der Waals surface area contributed by atoms with Crippen molar-refractivity contribution in [3.8, 4) is 11.5 Å². The van der Waals surface area contributed by atoms with Gasteiger partial charge in [0.2, 0.25) is 0 Å². The van der Waals surface area contributed by atoms with Crippen LogP contribution >= 0.6 is 11.3 Å². The fourth-order valence-electron chi connectivity index (χ4n) is 3.22. The normalized spacial score (nSPS) is 17.3. The van der Waals surface area contributed by atoms with Crippen molar-refractivity contribution in [1.82, 2.24) is 19.9 Å². The highest BCUT2D eigenvalue weighted by Gasteiger charge is 2.24. The molecule has 0 saturated carbocycles. The average Bonchev–Trinajstić information content (AvgIpc) is 2.92. The summed E-state index contributed by atoms with van der Waals surface area (Å²) in [4.78, 5) is 30.2. The lowest BCUT2D eigenvalue weighted by molar-refractivity contribution is 0.451. The second-order valence-corrected chi connectivity index (χ2v) is 7.03. The Kier molecular flexibility index (Phi) is 3.37. The van der Waals surface area contributed by atoms with Crippen molar-refractivity contribution < 1.29 is 0 Å². The molecule has 1 aliphatic rings. The van der Waals surface area contributed by atoms with Gasteiger partial charge in [0.15, 0.2) is 5.82 Å². The summed E-state index contributed by atoms with van der Waals surface area (Å²) in [5.41, 5.74) is 7.33. The molecule has 3 aromatic heterocycles. The number of nitrogens with zero attached hydrogens (tertiary/aromatic N) is 3. The molecule has 23 heavy (non-hydrogen) atoms. The van der Waals surface area contributed by atoms with Crippen LogP contribution in [0.15, 0.2) is 17.2 Å². The predicted octanol–water partition coefficient (Wildman–Crippen LogP) is 2.54. The Morgan fingerprint density at radius 2 is 2.30 bits per heavy atom. The van der Waals surface area contributed by atoms with E-state index < -0.39 is 0 Å². The van der Waals surface area contributed by atoms with Gasteiger partial charge in [-0.25, -0.2) is 15.0 Å². The third-order valence-electron chi connectivity index (χ3n) is 4.53. The summed E-state index contributed by atoms with van der Waals surface area (Å²) in [5.74, 6) is 1.52. The molecule has 118 valence electrons. The van der Waals surface area contributed by atoms with Crippen LogP contribution in [-0.2, 0) is 12.8 Å². The topological polar surface area (TPSA) is 97.5 Å². The maximum Gasteiger partial charge on any atom is 0.260 e. The molecular formula is C16H17N5OS. The highest BCUT2D eigenvalue weighted by molar-refractivity contribution is 7.18. The first kappa shape index (κ1) is 14.3. The Bertz CT molecular complexity index is 945. The number of rotatable bonds is 2.